The average molecular weight is 221 g/mol. The molecule has 0 spiro atoms. The van der Waals surface area contributed by atoms with E-state index in [0.717, 1.165) is 0 Å². The van der Waals surface area contributed by atoms with Crippen molar-refractivity contribution in [3.8, 4) is 0 Å². The van der Waals surface area contributed by atoms with Crippen molar-refractivity contribution in [2.75, 3.05) is 0 Å². The molecule has 1 aliphatic carbocycles. The number of aromatic amines is 1. The molecular formula is C10H11N3O3. The molecule has 1 amide bonds. The van der Waals surface area contributed by atoms with E-state index in [1.54, 1.807) is 12.2 Å². The fourth-order valence-corrected chi connectivity index (χ4v) is 1.62. The summed E-state index contributed by atoms with van der Waals surface area (Å²) in [6, 6.07) is -0.225. The predicted octanol–water partition coefficient (Wildman–Crippen LogP) is 0.169. The molecule has 1 aromatic rings. The molecule has 2 unspecified atom stereocenters. The number of hydrogen-bond donors (Lipinski definition) is 3. The highest BCUT2D eigenvalue weighted by molar-refractivity contribution is 5.92. The molecule has 1 heterocycles. The Morgan fingerprint density at radius 1 is 1.50 bits per heavy atom. The lowest BCUT2D eigenvalue weighted by Crippen LogP contribution is -2.33. The largest absolute Gasteiger partial charge is 0.481 e. The van der Waals surface area contributed by atoms with Crippen molar-refractivity contribution >= 4 is 11.9 Å². The Morgan fingerprint density at radius 2 is 2.31 bits per heavy atom. The number of amides is 1. The highest BCUT2D eigenvalue weighted by Gasteiger charge is 2.25. The second-order valence-electron chi connectivity index (χ2n) is 3.61. The SMILES string of the molecule is O=C(NC1C=CC(C(=O)O)C1)c1cnc[nH]1. The van der Waals surface area contributed by atoms with Gasteiger partial charge in [0.1, 0.15) is 5.69 Å². The maximum Gasteiger partial charge on any atom is 0.310 e. The van der Waals surface area contributed by atoms with Gasteiger partial charge in [0.05, 0.1) is 18.4 Å². The third-order valence-electron chi connectivity index (χ3n) is 2.46. The molecule has 0 bridgehead atoms. The molecule has 6 heteroatoms. The molecule has 0 saturated carbocycles. The number of carbonyl (C=O) groups is 2. The van der Waals surface area contributed by atoms with Crippen molar-refractivity contribution in [1.82, 2.24) is 15.3 Å². The molecule has 0 radical (unpaired) electrons. The quantitative estimate of drug-likeness (QED) is 0.634. The summed E-state index contributed by atoms with van der Waals surface area (Å²) in [7, 11) is 0. The van der Waals surface area contributed by atoms with Gasteiger partial charge in [-0.3, -0.25) is 9.59 Å². The van der Waals surface area contributed by atoms with Crippen LogP contribution in [0, 0.1) is 5.92 Å². The number of carboxylic acid groups (broad SMARTS) is 1. The number of aliphatic carboxylic acids is 1. The van der Waals surface area contributed by atoms with E-state index in [9.17, 15) is 9.59 Å². The zero-order valence-corrected chi connectivity index (χ0v) is 8.38. The van der Waals surface area contributed by atoms with Gasteiger partial charge >= 0.3 is 5.97 Å². The third-order valence-corrected chi connectivity index (χ3v) is 2.46. The van der Waals surface area contributed by atoms with Crippen LogP contribution in [0.4, 0.5) is 0 Å². The molecule has 2 atom stereocenters. The molecule has 1 aliphatic rings. The Morgan fingerprint density at radius 3 is 2.88 bits per heavy atom. The van der Waals surface area contributed by atoms with E-state index in [4.69, 9.17) is 5.11 Å². The summed E-state index contributed by atoms with van der Waals surface area (Å²) in [6.07, 6.45) is 6.53. The Hall–Kier alpha value is -2.11. The second kappa shape index (κ2) is 4.18. The van der Waals surface area contributed by atoms with Crippen molar-refractivity contribution in [2.45, 2.75) is 12.5 Å². The molecular weight excluding hydrogens is 210 g/mol. The maximum absolute atomic E-state index is 11.6. The first-order valence-corrected chi connectivity index (χ1v) is 4.87. The van der Waals surface area contributed by atoms with Crippen LogP contribution in [0.3, 0.4) is 0 Å². The number of nitrogens with one attached hydrogen (secondary N) is 2. The van der Waals surface area contributed by atoms with Gasteiger partial charge in [-0.15, -0.1) is 0 Å². The van der Waals surface area contributed by atoms with Crippen molar-refractivity contribution in [3.05, 3.63) is 30.4 Å². The average Bonchev–Trinajstić information content (AvgIpc) is 2.87. The van der Waals surface area contributed by atoms with E-state index in [1.807, 2.05) is 0 Å². The highest BCUT2D eigenvalue weighted by Crippen LogP contribution is 2.18. The van der Waals surface area contributed by atoms with E-state index >= 15 is 0 Å². The monoisotopic (exact) mass is 221 g/mol. The third kappa shape index (κ3) is 2.10. The van der Waals surface area contributed by atoms with Crippen LogP contribution >= 0.6 is 0 Å². The molecule has 3 N–H and O–H groups in total. The minimum atomic E-state index is -0.866. The van der Waals surface area contributed by atoms with Gasteiger partial charge in [0.25, 0.3) is 5.91 Å². The van der Waals surface area contributed by atoms with Crippen LogP contribution in [0.5, 0.6) is 0 Å². The summed E-state index contributed by atoms with van der Waals surface area (Å²) in [6.45, 7) is 0. The zero-order valence-electron chi connectivity index (χ0n) is 8.38. The number of H-pyrrole nitrogens is 1. The number of aromatic nitrogens is 2. The Balaban J connectivity index is 1.91. The molecule has 0 aromatic carbocycles. The van der Waals surface area contributed by atoms with E-state index in [-0.39, 0.29) is 11.9 Å². The lowest BCUT2D eigenvalue weighted by molar-refractivity contribution is -0.140. The first kappa shape index (κ1) is 10.4. The van der Waals surface area contributed by atoms with Crippen LogP contribution in [0.25, 0.3) is 0 Å². The van der Waals surface area contributed by atoms with E-state index in [0.29, 0.717) is 12.1 Å². The number of imidazole rings is 1. The fraction of sp³-hybridized carbons (Fsp3) is 0.300. The molecule has 0 aliphatic heterocycles. The molecule has 2 rings (SSSR count). The van der Waals surface area contributed by atoms with Crippen LogP contribution in [0.15, 0.2) is 24.7 Å². The zero-order chi connectivity index (χ0) is 11.5. The molecule has 1 aromatic heterocycles. The van der Waals surface area contributed by atoms with Crippen LogP contribution < -0.4 is 5.32 Å². The number of hydrogen-bond acceptors (Lipinski definition) is 3. The number of nitrogens with zero attached hydrogens (tertiary/aromatic N) is 1. The first-order chi connectivity index (χ1) is 7.66. The summed E-state index contributed by atoms with van der Waals surface area (Å²) in [5.74, 6) is -1.65. The second-order valence-corrected chi connectivity index (χ2v) is 3.61. The van der Waals surface area contributed by atoms with Gasteiger partial charge < -0.3 is 15.4 Å². The van der Waals surface area contributed by atoms with Crippen molar-refractivity contribution in [3.63, 3.8) is 0 Å². The molecule has 84 valence electrons. The summed E-state index contributed by atoms with van der Waals surface area (Å²) < 4.78 is 0. The highest BCUT2D eigenvalue weighted by atomic mass is 16.4. The standard InChI is InChI=1S/C10H11N3O3/c14-9(8-4-11-5-12-8)13-7-2-1-6(3-7)10(15)16/h1-2,4-7H,3H2,(H,11,12)(H,13,14)(H,15,16). The lowest BCUT2D eigenvalue weighted by Gasteiger charge is -2.10. The Kier molecular flexibility index (Phi) is 2.72. The van der Waals surface area contributed by atoms with Crippen LogP contribution in [0.1, 0.15) is 16.9 Å². The predicted molar refractivity (Wildman–Crippen MR) is 54.7 cm³/mol. The van der Waals surface area contributed by atoms with Crippen LogP contribution in [0.2, 0.25) is 0 Å². The number of carbonyl (C=O) groups excluding carboxylic acids is 1. The molecule has 6 nitrogen and oxygen atoms in total. The Labute approximate surface area is 91.4 Å². The van der Waals surface area contributed by atoms with Gasteiger partial charge in [-0.25, -0.2) is 4.98 Å². The first-order valence-electron chi connectivity index (χ1n) is 4.87. The maximum atomic E-state index is 11.6. The van der Waals surface area contributed by atoms with Crippen molar-refractivity contribution < 1.29 is 14.7 Å². The topological polar surface area (TPSA) is 95.1 Å². The lowest BCUT2D eigenvalue weighted by atomic mass is 10.1. The summed E-state index contributed by atoms with van der Waals surface area (Å²) in [5, 5.41) is 11.5. The van der Waals surface area contributed by atoms with Gasteiger partial charge in [-0.05, 0) is 6.42 Å². The summed E-state index contributed by atoms with van der Waals surface area (Å²) in [4.78, 5) is 28.7. The Bertz CT molecular complexity index is 425. The summed E-state index contributed by atoms with van der Waals surface area (Å²) >= 11 is 0. The minimum Gasteiger partial charge on any atom is -0.481 e. The van der Waals surface area contributed by atoms with Crippen molar-refractivity contribution in [2.24, 2.45) is 5.92 Å². The minimum absolute atomic E-state index is 0.225. The van der Waals surface area contributed by atoms with Gasteiger partial charge in [-0.2, -0.15) is 0 Å². The fourth-order valence-electron chi connectivity index (χ4n) is 1.62. The van der Waals surface area contributed by atoms with Crippen molar-refractivity contribution in [1.29, 1.82) is 0 Å². The smallest absolute Gasteiger partial charge is 0.310 e. The molecule has 0 saturated heterocycles. The summed E-state index contributed by atoms with van der Waals surface area (Å²) in [5.41, 5.74) is 0.368. The van der Waals surface area contributed by atoms with E-state index in [2.05, 4.69) is 15.3 Å². The van der Waals surface area contributed by atoms with Crippen LogP contribution in [-0.4, -0.2) is 33.0 Å². The van der Waals surface area contributed by atoms with Gasteiger partial charge in [0, 0.05) is 6.04 Å². The van der Waals surface area contributed by atoms with Gasteiger partial charge in [0.15, 0.2) is 0 Å². The van der Waals surface area contributed by atoms with Crippen LogP contribution in [-0.2, 0) is 4.79 Å². The number of carboxylic acids is 1. The molecule has 0 fully saturated rings. The van der Waals surface area contributed by atoms with E-state index < -0.39 is 11.9 Å². The van der Waals surface area contributed by atoms with E-state index in [1.165, 1.54) is 12.5 Å². The van der Waals surface area contributed by atoms with Gasteiger partial charge in [-0.1, -0.05) is 12.2 Å². The molecule has 16 heavy (non-hydrogen) atoms. The van der Waals surface area contributed by atoms with Gasteiger partial charge in [0.2, 0.25) is 0 Å². The normalized spacial score (nSPS) is 23.2. The number of rotatable bonds is 3.